The number of fused-ring (bicyclic) bond motifs is 1. The Labute approximate surface area is 202 Å². The zero-order chi connectivity index (χ0) is 23.7. The van der Waals surface area contributed by atoms with Crippen LogP contribution in [-0.2, 0) is 0 Å². The highest BCUT2D eigenvalue weighted by atomic mass is 32.1. The van der Waals surface area contributed by atoms with Crippen molar-refractivity contribution < 1.29 is 4.79 Å². The fourth-order valence-corrected chi connectivity index (χ4v) is 5.66. The maximum atomic E-state index is 12.8. The van der Waals surface area contributed by atoms with Crippen LogP contribution in [0.15, 0.2) is 54.7 Å². The third kappa shape index (κ3) is 4.07. The zero-order valence-corrected chi connectivity index (χ0v) is 19.6. The number of carbonyl (C=O) groups excluding carboxylic acids is 1. The predicted octanol–water partition coefficient (Wildman–Crippen LogP) is 5.57. The Bertz CT molecular complexity index is 1470. The van der Waals surface area contributed by atoms with Crippen molar-refractivity contribution in [2.24, 2.45) is 0 Å². The number of aromatic nitrogens is 2. The molecule has 2 atom stereocenters. The lowest BCUT2D eigenvalue weighted by molar-refractivity contribution is 0.0929. The minimum Gasteiger partial charge on any atom is -0.349 e. The van der Waals surface area contributed by atoms with Crippen molar-refractivity contribution >= 4 is 22.9 Å². The first kappa shape index (κ1) is 21.9. The lowest BCUT2D eigenvalue weighted by Gasteiger charge is -2.30. The van der Waals surface area contributed by atoms with Crippen LogP contribution in [0.4, 0.5) is 0 Å². The molecule has 2 unspecified atom stereocenters. The lowest BCUT2D eigenvalue weighted by Crippen LogP contribution is -2.37. The van der Waals surface area contributed by atoms with E-state index in [-0.39, 0.29) is 17.9 Å². The second-order valence-electron chi connectivity index (χ2n) is 8.70. The summed E-state index contributed by atoms with van der Waals surface area (Å²) in [5.41, 5.74) is 4.41. The van der Waals surface area contributed by atoms with Gasteiger partial charge in [0.05, 0.1) is 39.5 Å². The van der Waals surface area contributed by atoms with Gasteiger partial charge in [0.25, 0.3) is 5.91 Å². The number of carbonyl (C=O) groups is 1. The number of nitrogens with one attached hydrogen (secondary N) is 1. The molecule has 0 aliphatic heterocycles. The van der Waals surface area contributed by atoms with Gasteiger partial charge in [-0.25, -0.2) is 4.98 Å². The van der Waals surface area contributed by atoms with E-state index >= 15 is 0 Å². The Morgan fingerprint density at radius 3 is 2.76 bits per heavy atom. The normalized spacial score (nSPS) is 17.7. The third-order valence-corrected chi connectivity index (χ3v) is 7.45. The van der Waals surface area contributed by atoms with Gasteiger partial charge in [0, 0.05) is 28.6 Å². The number of imidazole rings is 1. The standard InChI is InChI=1S/C27H23N5OS/c1-17-9-10-23(34-17)27(33)30-21-7-4-6-19(14-21)26-25(22-8-3-2-5-20(22)16-29)31-24-13-18(15-28)11-12-32(24)26/h2-3,5,8-13,19,21H,4,6-7,14H2,1H3,(H,30,33). The summed E-state index contributed by atoms with van der Waals surface area (Å²) in [6.07, 6.45) is 5.59. The van der Waals surface area contributed by atoms with Gasteiger partial charge in [-0.3, -0.25) is 4.79 Å². The van der Waals surface area contributed by atoms with Gasteiger partial charge in [-0.15, -0.1) is 11.3 Å². The Balaban J connectivity index is 1.53. The van der Waals surface area contributed by atoms with E-state index in [1.807, 2.05) is 47.9 Å². The van der Waals surface area contributed by atoms with Gasteiger partial charge in [-0.05, 0) is 56.5 Å². The van der Waals surface area contributed by atoms with Crippen LogP contribution >= 0.6 is 11.3 Å². The van der Waals surface area contributed by atoms with E-state index in [0.717, 1.165) is 52.4 Å². The van der Waals surface area contributed by atoms with E-state index in [1.165, 1.54) is 11.3 Å². The molecular formula is C27H23N5OS. The van der Waals surface area contributed by atoms with Gasteiger partial charge in [-0.1, -0.05) is 24.6 Å². The Morgan fingerprint density at radius 1 is 1.15 bits per heavy atom. The average Bonchev–Trinajstić information content (AvgIpc) is 3.47. The van der Waals surface area contributed by atoms with Gasteiger partial charge < -0.3 is 9.72 Å². The van der Waals surface area contributed by atoms with E-state index in [9.17, 15) is 15.3 Å². The van der Waals surface area contributed by atoms with E-state index < -0.39 is 0 Å². The molecule has 1 aliphatic carbocycles. The molecular weight excluding hydrogens is 442 g/mol. The van der Waals surface area contributed by atoms with Crippen LogP contribution in [0, 0.1) is 29.6 Å². The number of thiophene rings is 1. The van der Waals surface area contributed by atoms with Crippen molar-refractivity contribution in [3.8, 4) is 23.4 Å². The maximum Gasteiger partial charge on any atom is 0.261 e. The van der Waals surface area contributed by atoms with Gasteiger partial charge in [0.1, 0.15) is 5.65 Å². The first-order valence-corrected chi connectivity index (χ1v) is 12.2. The van der Waals surface area contributed by atoms with Gasteiger partial charge >= 0.3 is 0 Å². The minimum atomic E-state index is -0.0180. The average molecular weight is 466 g/mol. The SMILES string of the molecule is Cc1ccc(C(=O)NC2CCCC(c3c(-c4ccccc4C#N)nc4cc(C#N)ccn34)C2)s1. The molecule has 3 aromatic heterocycles. The monoisotopic (exact) mass is 465 g/mol. The molecule has 168 valence electrons. The highest BCUT2D eigenvalue weighted by Gasteiger charge is 2.30. The summed E-state index contributed by atoms with van der Waals surface area (Å²) in [4.78, 5) is 19.5. The van der Waals surface area contributed by atoms with Crippen LogP contribution in [-0.4, -0.2) is 21.3 Å². The van der Waals surface area contributed by atoms with Gasteiger partial charge in [0.2, 0.25) is 0 Å². The van der Waals surface area contributed by atoms with Gasteiger partial charge in [-0.2, -0.15) is 10.5 Å². The summed E-state index contributed by atoms with van der Waals surface area (Å²) >= 11 is 1.51. The number of amides is 1. The summed E-state index contributed by atoms with van der Waals surface area (Å²) in [5, 5.41) is 22.3. The van der Waals surface area contributed by atoms with E-state index in [2.05, 4.69) is 17.5 Å². The second kappa shape index (κ2) is 9.13. The minimum absolute atomic E-state index is 0.0180. The van der Waals surface area contributed by atoms with Crippen LogP contribution in [0.3, 0.4) is 0 Å². The molecule has 4 aromatic rings. The number of hydrogen-bond acceptors (Lipinski definition) is 5. The van der Waals surface area contributed by atoms with Crippen LogP contribution in [0.2, 0.25) is 0 Å². The van der Waals surface area contributed by atoms with Crippen molar-refractivity contribution in [2.45, 2.75) is 44.6 Å². The number of hydrogen-bond donors (Lipinski definition) is 1. The third-order valence-electron chi connectivity index (χ3n) is 6.46. The molecule has 1 aliphatic rings. The fourth-order valence-electron chi connectivity index (χ4n) is 4.89. The van der Waals surface area contributed by atoms with Crippen LogP contribution in [0.5, 0.6) is 0 Å². The van der Waals surface area contributed by atoms with E-state index in [0.29, 0.717) is 16.8 Å². The van der Waals surface area contributed by atoms with Crippen molar-refractivity contribution in [3.05, 3.63) is 81.3 Å². The Hall–Kier alpha value is -3.94. The first-order chi connectivity index (χ1) is 16.6. The summed E-state index contributed by atoms with van der Waals surface area (Å²) in [5.74, 6) is 0.143. The molecule has 7 heteroatoms. The van der Waals surface area contributed by atoms with Crippen molar-refractivity contribution in [2.75, 3.05) is 0 Å². The summed E-state index contributed by atoms with van der Waals surface area (Å²) in [7, 11) is 0. The number of nitrogens with zero attached hydrogens (tertiary/aromatic N) is 4. The van der Waals surface area contributed by atoms with Crippen LogP contribution in [0.1, 0.15) is 63.0 Å². The molecule has 5 rings (SSSR count). The smallest absolute Gasteiger partial charge is 0.261 e. The summed E-state index contributed by atoms with van der Waals surface area (Å²) in [6.45, 7) is 2.00. The first-order valence-electron chi connectivity index (χ1n) is 11.4. The molecule has 1 fully saturated rings. The van der Waals surface area contributed by atoms with Crippen molar-refractivity contribution in [3.63, 3.8) is 0 Å². The molecule has 0 saturated heterocycles. The predicted molar refractivity (Wildman–Crippen MR) is 132 cm³/mol. The molecule has 0 spiro atoms. The van der Waals surface area contributed by atoms with E-state index in [4.69, 9.17) is 4.98 Å². The maximum absolute atomic E-state index is 12.8. The van der Waals surface area contributed by atoms with Crippen LogP contribution in [0.25, 0.3) is 16.9 Å². The number of rotatable bonds is 4. The molecule has 0 radical (unpaired) electrons. The molecule has 6 nitrogen and oxygen atoms in total. The number of nitriles is 2. The molecule has 0 bridgehead atoms. The topological polar surface area (TPSA) is 94.0 Å². The molecule has 34 heavy (non-hydrogen) atoms. The highest BCUT2D eigenvalue weighted by molar-refractivity contribution is 7.13. The summed E-state index contributed by atoms with van der Waals surface area (Å²) in [6, 6.07) is 19.5. The molecule has 1 saturated carbocycles. The molecule has 1 amide bonds. The Kier molecular flexibility index (Phi) is 5.88. The number of aryl methyl sites for hydroxylation is 1. The summed E-state index contributed by atoms with van der Waals surface area (Å²) < 4.78 is 2.04. The highest BCUT2D eigenvalue weighted by Crippen LogP contribution is 2.39. The molecule has 3 heterocycles. The Morgan fingerprint density at radius 2 is 2.00 bits per heavy atom. The van der Waals surface area contributed by atoms with Gasteiger partial charge in [0.15, 0.2) is 0 Å². The van der Waals surface area contributed by atoms with Crippen molar-refractivity contribution in [1.82, 2.24) is 14.7 Å². The number of benzene rings is 1. The number of pyridine rings is 1. The molecule has 1 N–H and O–H groups in total. The largest absolute Gasteiger partial charge is 0.349 e. The second-order valence-corrected chi connectivity index (χ2v) is 9.99. The quantitative estimate of drug-likeness (QED) is 0.426. The van der Waals surface area contributed by atoms with Crippen molar-refractivity contribution in [1.29, 1.82) is 10.5 Å². The van der Waals surface area contributed by atoms with Crippen LogP contribution < -0.4 is 5.32 Å². The zero-order valence-electron chi connectivity index (χ0n) is 18.8. The lowest BCUT2D eigenvalue weighted by atomic mass is 9.82. The molecule has 1 aromatic carbocycles. The van der Waals surface area contributed by atoms with E-state index in [1.54, 1.807) is 18.2 Å². The fraction of sp³-hybridized carbons (Fsp3) is 0.259.